The summed E-state index contributed by atoms with van der Waals surface area (Å²) < 4.78 is 10.5. The smallest absolute Gasteiger partial charge is 0.289 e. The van der Waals surface area contributed by atoms with Gasteiger partial charge in [0.15, 0.2) is 0 Å². The Bertz CT molecular complexity index is 465. The molecule has 0 saturated carbocycles. The Hall–Kier alpha value is -1.11. The van der Waals surface area contributed by atoms with Gasteiger partial charge in [0, 0.05) is 25.1 Å². The van der Waals surface area contributed by atoms with Gasteiger partial charge in [0.2, 0.25) is 5.76 Å². The lowest BCUT2D eigenvalue weighted by Gasteiger charge is -2.37. The molecule has 0 aromatic carbocycles. The predicted octanol–water partition coefficient (Wildman–Crippen LogP) is 1.97. The summed E-state index contributed by atoms with van der Waals surface area (Å²) in [6.07, 6.45) is 1.99. The van der Waals surface area contributed by atoms with Crippen molar-refractivity contribution in [3.8, 4) is 0 Å². The van der Waals surface area contributed by atoms with Crippen molar-refractivity contribution in [2.24, 2.45) is 5.41 Å². The second-order valence-corrected chi connectivity index (χ2v) is 6.14. The van der Waals surface area contributed by atoms with Crippen LogP contribution in [0.1, 0.15) is 48.9 Å². The highest BCUT2D eigenvalue weighted by Gasteiger charge is 2.33. The molecule has 2 N–H and O–H groups in total. The molecule has 22 heavy (non-hydrogen) atoms. The SMILES string of the molecule is COCC1(CNC(=O)c2cc(C(C)C)no2)CCNCC1.Cl. The largest absolute Gasteiger partial charge is 0.384 e. The van der Waals surface area contributed by atoms with Gasteiger partial charge >= 0.3 is 0 Å². The quantitative estimate of drug-likeness (QED) is 0.833. The number of piperidine rings is 1. The van der Waals surface area contributed by atoms with Crippen LogP contribution in [0.25, 0.3) is 0 Å². The lowest BCUT2D eigenvalue weighted by molar-refractivity contribution is 0.0504. The van der Waals surface area contributed by atoms with Crippen LogP contribution in [0.2, 0.25) is 0 Å². The number of halogens is 1. The zero-order valence-corrected chi connectivity index (χ0v) is 14.3. The Balaban J connectivity index is 0.00000242. The van der Waals surface area contributed by atoms with E-state index in [4.69, 9.17) is 9.26 Å². The molecule has 1 aliphatic rings. The Morgan fingerprint density at radius 2 is 2.18 bits per heavy atom. The van der Waals surface area contributed by atoms with Crippen LogP contribution in [0.3, 0.4) is 0 Å². The van der Waals surface area contributed by atoms with Crippen molar-refractivity contribution in [2.75, 3.05) is 33.4 Å². The Kier molecular flexibility index (Phi) is 7.32. The fraction of sp³-hybridized carbons (Fsp3) is 0.733. The van der Waals surface area contributed by atoms with Crippen molar-refractivity contribution in [2.45, 2.75) is 32.6 Å². The van der Waals surface area contributed by atoms with Gasteiger partial charge in [0.25, 0.3) is 5.91 Å². The number of methoxy groups -OCH3 is 1. The van der Waals surface area contributed by atoms with Crippen molar-refractivity contribution in [3.63, 3.8) is 0 Å². The van der Waals surface area contributed by atoms with Crippen molar-refractivity contribution in [1.29, 1.82) is 0 Å². The van der Waals surface area contributed by atoms with Crippen LogP contribution in [0.5, 0.6) is 0 Å². The van der Waals surface area contributed by atoms with E-state index in [-0.39, 0.29) is 35.4 Å². The molecule has 2 heterocycles. The van der Waals surface area contributed by atoms with Gasteiger partial charge in [0.05, 0.1) is 12.3 Å². The predicted molar refractivity (Wildman–Crippen MR) is 86.6 cm³/mol. The molecule has 126 valence electrons. The van der Waals surface area contributed by atoms with E-state index in [9.17, 15) is 4.79 Å². The molecule has 1 aromatic rings. The van der Waals surface area contributed by atoms with Gasteiger partial charge in [-0.1, -0.05) is 19.0 Å². The first-order chi connectivity index (χ1) is 10.1. The second kappa shape index (κ2) is 8.50. The third-order valence-electron chi connectivity index (χ3n) is 4.08. The summed E-state index contributed by atoms with van der Waals surface area (Å²) in [5.41, 5.74) is 0.810. The van der Waals surface area contributed by atoms with E-state index in [0.717, 1.165) is 31.6 Å². The van der Waals surface area contributed by atoms with Gasteiger partial charge in [-0.25, -0.2) is 0 Å². The molecule has 0 atom stereocenters. The molecule has 1 fully saturated rings. The highest BCUT2D eigenvalue weighted by atomic mass is 35.5. The number of rotatable bonds is 6. The van der Waals surface area contributed by atoms with Crippen molar-refractivity contribution in [1.82, 2.24) is 15.8 Å². The fourth-order valence-electron chi connectivity index (χ4n) is 2.66. The minimum Gasteiger partial charge on any atom is -0.384 e. The highest BCUT2D eigenvalue weighted by molar-refractivity contribution is 5.91. The number of nitrogens with one attached hydrogen (secondary N) is 2. The average molecular weight is 332 g/mol. The molecule has 1 aromatic heterocycles. The standard InChI is InChI=1S/C15H25N3O3.ClH/c1-11(2)12-8-13(21-18-12)14(19)17-9-15(10-20-3)4-6-16-7-5-15;/h8,11,16H,4-7,9-10H2,1-3H3,(H,17,19);1H. The summed E-state index contributed by atoms with van der Waals surface area (Å²) in [4.78, 5) is 12.2. The molecule has 6 nitrogen and oxygen atoms in total. The molecule has 0 bridgehead atoms. The van der Waals surface area contributed by atoms with Gasteiger partial charge in [-0.05, 0) is 31.8 Å². The molecule has 1 aliphatic heterocycles. The summed E-state index contributed by atoms with van der Waals surface area (Å²) in [5, 5.41) is 10.2. The van der Waals surface area contributed by atoms with E-state index in [1.54, 1.807) is 13.2 Å². The normalized spacial score (nSPS) is 17.1. The Labute approximate surface area is 137 Å². The maximum Gasteiger partial charge on any atom is 0.289 e. The van der Waals surface area contributed by atoms with Crippen LogP contribution < -0.4 is 10.6 Å². The molecule has 1 amide bonds. The highest BCUT2D eigenvalue weighted by Crippen LogP contribution is 2.28. The van der Waals surface area contributed by atoms with Crippen LogP contribution in [0.4, 0.5) is 0 Å². The molecule has 2 rings (SSSR count). The minimum atomic E-state index is -0.205. The third-order valence-corrected chi connectivity index (χ3v) is 4.08. The number of carbonyl (C=O) groups is 1. The van der Waals surface area contributed by atoms with E-state index >= 15 is 0 Å². The van der Waals surface area contributed by atoms with Crippen LogP contribution in [-0.4, -0.2) is 44.4 Å². The van der Waals surface area contributed by atoms with E-state index in [1.165, 1.54) is 0 Å². The van der Waals surface area contributed by atoms with Gasteiger partial charge in [-0.15, -0.1) is 12.4 Å². The van der Waals surface area contributed by atoms with E-state index in [0.29, 0.717) is 13.2 Å². The van der Waals surface area contributed by atoms with Gasteiger partial charge in [-0.3, -0.25) is 4.79 Å². The Morgan fingerprint density at radius 1 is 1.50 bits per heavy atom. The lowest BCUT2D eigenvalue weighted by atomic mass is 9.79. The summed E-state index contributed by atoms with van der Waals surface area (Å²) in [6, 6.07) is 1.71. The maximum absolute atomic E-state index is 12.2. The zero-order chi connectivity index (χ0) is 15.3. The monoisotopic (exact) mass is 331 g/mol. The van der Waals surface area contributed by atoms with E-state index < -0.39 is 0 Å². The van der Waals surface area contributed by atoms with Crippen LogP contribution in [0, 0.1) is 5.41 Å². The number of hydrogen-bond acceptors (Lipinski definition) is 5. The molecule has 0 spiro atoms. The van der Waals surface area contributed by atoms with E-state index in [1.807, 2.05) is 13.8 Å². The number of nitrogens with zero attached hydrogens (tertiary/aromatic N) is 1. The first kappa shape index (κ1) is 18.9. The van der Waals surface area contributed by atoms with Crippen LogP contribution >= 0.6 is 12.4 Å². The average Bonchev–Trinajstić information content (AvgIpc) is 2.96. The topological polar surface area (TPSA) is 76.4 Å². The summed E-state index contributed by atoms with van der Waals surface area (Å²) >= 11 is 0. The molecule has 7 heteroatoms. The fourth-order valence-corrected chi connectivity index (χ4v) is 2.66. The van der Waals surface area contributed by atoms with Gasteiger partial charge in [0.1, 0.15) is 0 Å². The molecular formula is C15H26ClN3O3. The van der Waals surface area contributed by atoms with Gasteiger partial charge in [-0.2, -0.15) is 0 Å². The molecule has 0 unspecified atom stereocenters. The Morgan fingerprint density at radius 3 is 2.73 bits per heavy atom. The summed E-state index contributed by atoms with van der Waals surface area (Å²) in [6.45, 7) is 7.20. The van der Waals surface area contributed by atoms with E-state index in [2.05, 4.69) is 15.8 Å². The number of ether oxygens (including phenoxy) is 1. The van der Waals surface area contributed by atoms with Crippen LogP contribution in [-0.2, 0) is 4.74 Å². The van der Waals surface area contributed by atoms with Crippen molar-refractivity contribution in [3.05, 3.63) is 17.5 Å². The molecule has 0 aliphatic carbocycles. The zero-order valence-electron chi connectivity index (χ0n) is 13.5. The summed E-state index contributed by atoms with van der Waals surface area (Å²) in [5.74, 6) is 0.322. The first-order valence-corrected chi connectivity index (χ1v) is 7.51. The van der Waals surface area contributed by atoms with Crippen molar-refractivity contribution < 1.29 is 14.1 Å². The lowest BCUT2D eigenvalue weighted by Crippen LogP contribution is -2.47. The van der Waals surface area contributed by atoms with Gasteiger partial charge < -0.3 is 19.9 Å². The number of aromatic nitrogens is 1. The number of amides is 1. The first-order valence-electron chi connectivity index (χ1n) is 7.51. The van der Waals surface area contributed by atoms with Crippen LogP contribution in [0.15, 0.2) is 10.6 Å². The molecule has 1 saturated heterocycles. The third kappa shape index (κ3) is 4.69. The number of carbonyl (C=O) groups excluding carboxylic acids is 1. The summed E-state index contributed by atoms with van der Waals surface area (Å²) in [7, 11) is 1.71. The van der Waals surface area contributed by atoms with Crippen molar-refractivity contribution >= 4 is 18.3 Å². The second-order valence-electron chi connectivity index (χ2n) is 6.14. The number of hydrogen-bond donors (Lipinski definition) is 2. The maximum atomic E-state index is 12.2. The molecule has 0 radical (unpaired) electrons. The molecular weight excluding hydrogens is 306 g/mol. The minimum absolute atomic E-state index is 0.